The van der Waals surface area contributed by atoms with Gasteiger partial charge in [0.1, 0.15) is 5.82 Å². The molecule has 0 radical (unpaired) electrons. The highest BCUT2D eigenvalue weighted by Gasteiger charge is 2.21. The molecule has 0 spiro atoms. The van der Waals surface area contributed by atoms with Crippen LogP contribution in [-0.4, -0.2) is 6.04 Å². The number of rotatable bonds is 4. The number of nitrogens with one attached hydrogen (secondary N) is 1. The van der Waals surface area contributed by atoms with Gasteiger partial charge in [-0.25, -0.2) is 4.39 Å². The Balaban J connectivity index is 2.02. The van der Waals surface area contributed by atoms with Crippen LogP contribution >= 0.6 is 11.6 Å². The number of hydrogen-bond acceptors (Lipinski definition) is 1. The maximum atomic E-state index is 13.6. The minimum Gasteiger partial charge on any atom is -0.310 e. The molecule has 0 aromatic heterocycles. The second-order valence-electron chi connectivity index (χ2n) is 5.87. The second kappa shape index (κ2) is 5.78. The monoisotopic (exact) mass is 303 g/mol. The van der Waals surface area contributed by atoms with Crippen molar-refractivity contribution in [2.75, 3.05) is 0 Å². The molecule has 0 saturated heterocycles. The van der Waals surface area contributed by atoms with Gasteiger partial charge in [0.25, 0.3) is 0 Å². The summed E-state index contributed by atoms with van der Waals surface area (Å²) in [5.41, 5.74) is 5.38. The van der Waals surface area contributed by atoms with Crippen molar-refractivity contribution in [3.63, 3.8) is 0 Å². The van der Waals surface area contributed by atoms with E-state index in [1.165, 1.54) is 18.9 Å². The third kappa shape index (κ3) is 3.28. The zero-order valence-corrected chi connectivity index (χ0v) is 13.1. The molecular weight excluding hydrogens is 285 g/mol. The van der Waals surface area contributed by atoms with Gasteiger partial charge in [-0.05, 0) is 78.8 Å². The highest BCUT2D eigenvalue weighted by atomic mass is 35.5. The fraction of sp³-hybridized carbons (Fsp3) is 0.333. The van der Waals surface area contributed by atoms with Crippen molar-refractivity contribution in [2.45, 2.75) is 39.3 Å². The molecular formula is C18H19ClFN. The SMILES string of the molecule is Cc1cc(-c2ccc(F)cc2CNC2CC2)c(C)cc1Cl. The van der Waals surface area contributed by atoms with Gasteiger partial charge in [0.05, 0.1) is 0 Å². The van der Waals surface area contributed by atoms with E-state index in [0.29, 0.717) is 12.6 Å². The Bertz CT molecular complexity index is 677. The lowest BCUT2D eigenvalue weighted by molar-refractivity contribution is 0.620. The van der Waals surface area contributed by atoms with Crippen LogP contribution in [0.4, 0.5) is 4.39 Å². The minimum atomic E-state index is -0.185. The second-order valence-corrected chi connectivity index (χ2v) is 6.28. The largest absolute Gasteiger partial charge is 0.310 e. The van der Waals surface area contributed by atoms with Gasteiger partial charge in [-0.2, -0.15) is 0 Å². The minimum absolute atomic E-state index is 0.185. The van der Waals surface area contributed by atoms with Gasteiger partial charge < -0.3 is 5.32 Å². The predicted octanol–water partition coefficient (Wildman–Crippen LogP) is 5.01. The van der Waals surface area contributed by atoms with Crippen LogP contribution in [0.2, 0.25) is 5.02 Å². The van der Waals surface area contributed by atoms with E-state index in [1.807, 2.05) is 26.0 Å². The molecule has 2 aromatic carbocycles. The summed E-state index contributed by atoms with van der Waals surface area (Å²) < 4.78 is 13.6. The van der Waals surface area contributed by atoms with Crippen LogP contribution in [0.25, 0.3) is 11.1 Å². The Labute approximate surface area is 130 Å². The number of hydrogen-bond donors (Lipinski definition) is 1. The first-order valence-electron chi connectivity index (χ1n) is 7.33. The van der Waals surface area contributed by atoms with E-state index in [1.54, 1.807) is 6.07 Å². The van der Waals surface area contributed by atoms with Crippen LogP contribution in [0.5, 0.6) is 0 Å². The van der Waals surface area contributed by atoms with Crippen LogP contribution in [0.1, 0.15) is 29.5 Å². The van der Waals surface area contributed by atoms with Crippen LogP contribution < -0.4 is 5.32 Å². The Hall–Kier alpha value is -1.38. The number of benzene rings is 2. The molecule has 0 unspecified atom stereocenters. The highest BCUT2D eigenvalue weighted by molar-refractivity contribution is 6.31. The highest BCUT2D eigenvalue weighted by Crippen LogP contribution is 2.32. The fourth-order valence-corrected chi connectivity index (χ4v) is 2.80. The maximum absolute atomic E-state index is 13.6. The Morgan fingerprint density at radius 2 is 1.86 bits per heavy atom. The third-order valence-electron chi connectivity index (χ3n) is 4.02. The van der Waals surface area contributed by atoms with Crippen LogP contribution in [0, 0.1) is 19.7 Å². The van der Waals surface area contributed by atoms with Crippen molar-refractivity contribution in [1.29, 1.82) is 0 Å². The average Bonchev–Trinajstić information content (AvgIpc) is 3.25. The summed E-state index contributed by atoms with van der Waals surface area (Å²) in [6.45, 7) is 4.75. The van der Waals surface area contributed by atoms with E-state index in [9.17, 15) is 4.39 Å². The van der Waals surface area contributed by atoms with Gasteiger partial charge in [-0.3, -0.25) is 0 Å². The van der Waals surface area contributed by atoms with Crippen molar-refractivity contribution in [3.05, 3.63) is 57.9 Å². The van der Waals surface area contributed by atoms with Crippen LogP contribution in [0.15, 0.2) is 30.3 Å². The lowest BCUT2D eigenvalue weighted by atomic mass is 9.94. The summed E-state index contributed by atoms with van der Waals surface area (Å²) in [6.07, 6.45) is 2.45. The summed E-state index contributed by atoms with van der Waals surface area (Å²) >= 11 is 6.18. The molecule has 0 heterocycles. The molecule has 1 saturated carbocycles. The molecule has 3 heteroatoms. The van der Waals surface area contributed by atoms with Gasteiger partial charge in [0.2, 0.25) is 0 Å². The third-order valence-corrected chi connectivity index (χ3v) is 4.43. The van der Waals surface area contributed by atoms with Crippen molar-refractivity contribution < 1.29 is 4.39 Å². The van der Waals surface area contributed by atoms with Crippen LogP contribution in [-0.2, 0) is 6.54 Å². The van der Waals surface area contributed by atoms with E-state index in [2.05, 4.69) is 11.4 Å². The molecule has 3 rings (SSSR count). The summed E-state index contributed by atoms with van der Waals surface area (Å²) in [4.78, 5) is 0. The van der Waals surface area contributed by atoms with Gasteiger partial charge in [0.15, 0.2) is 0 Å². The van der Waals surface area contributed by atoms with Crippen LogP contribution in [0.3, 0.4) is 0 Å². The van der Waals surface area contributed by atoms with Gasteiger partial charge in [0, 0.05) is 17.6 Å². The van der Waals surface area contributed by atoms with Crippen molar-refractivity contribution in [1.82, 2.24) is 5.32 Å². The van der Waals surface area contributed by atoms with E-state index >= 15 is 0 Å². The maximum Gasteiger partial charge on any atom is 0.123 e. The molecule has 0 atom stereocenters. The first-order valence-corrected chi connectivity index (χ1v) is 7.71. The molecule has 1 fully saturated rings. The summed E-state index contributed by atoms with van der Waals surface area (Å²) in [7, 11) is 0. The first kappa shape index (κ1) is 14.6. The molecule has 21 heavy (non-hydrogen) atoms. The quantitative estimate of drug-likeness (QED) is 0.836. The molecule has 0 aliphatic heterocycles. The topological polar surface area (TPSA) is 12.0 Å². The Morgan fingerprint density at radius 3 is 2.57 bits per heavy atom. The predicted molar refractivity (Wildman–Crippen MR) is 86.2 cm³/mol. The van der Waals surface area contributed by atoms with Crippen molar-refractivity contribution >= 4 is 11.6 Å². The number of aryl methyl sites for hydroxylation is 2. The Morgan fingerprint density at radius 1 is 1.10 bits per heavy atom. The van der Waals surface area contributed by atoms with E-state index < -0.39 is 0 Å². The summed E-state index contributed by atoms with van der Waals surface area (Å²) in [5.74, 6) is -0.185. The molecule has 0 bridgehead atoms. The van der Waals surface area contributed by atoms with Gasteiger partial charge in [-0.1, -0.05) is 17.7 Å². The lowest BCUT2D eigenvalue weighted by Gasteiger charge is -2.14. The van der Waals surface area contributed by atoms with Gasteiger partial charge in [-0.15, -0.1) is 0 Å². The van der Waals surface area contributed by atoms with Crippen molar-refractivity contribution in [2.24, 2.45) is 0 Å². The van der Waals surface area contributed by atoms with E-state index in [4.69, 9.17) is 11.6 Å². The number of halogens is 2. The fourth-order valence-electron chi connectivity index (χ4n) is 2.58. The zero-order valence-electron chi connectivity index (χ0n) is 12.3. The first-order chi connectivity index (χ1) is 10.0. The smallest absolute Gasteiger partial charge is 0.123 e. The van der Waals surface area contributed by atoms with E-state index in [-0.39, 0.29) is 5.82 Å². The lowest BCUT2D eigenvalue weighted by Crippen LogP contribution is -2.16. The molecule has 1 nitrogen and oxygen atoms in total. The van der Waals surface area contributed by atoms with E-state index in [0.717, 1.165) is 32.8 Å². The Kier molecular flexibility index (Phi) is 4.01. The zero-order chi connectivity index (χ0) is 15.0. The standard InChI is InChI=1S/C18H19ClFN/c1-11-8-18(19)12(2)7-17(11)16-6-3-14(20)9-13(16)10-21-15-4-5-15/h3,6-9,15,21H,4-5,10H2,1-2H3. The molecule has 2 aromatic rings. The molecule has 1 aliphatic rings. The molecule has 1 N–H and O–H groups in total. The summed E-state index contributed by atoms with van der Waals surface area (Å²) in [5, 5.41) is 4.24. The molecule has 1 aliphatic carbocycles. The average molecular weight is 304 g/mol. The summed E-state index contributed by atoms with van der Waals surface area (Å²) in [6, 6.07) is 9.70. The van der Waals surface area contributed by atoms with Gasteiger partial charge >= 0.3 is 0 Å². The normalized spacial score (nSPS) is 14.5. The van der Waals surface area contributed by atoms with Crippen molar-refractivity contribution in [3.8, 4) is 11.1 Å². The molecule has 0 amide bonds. The molecule has 110 valence electrons.